The van der Waals surface area contributed by atoms with Gasteiger partial charge in [-0.15, -0.1) is 0 Å². The first-order valence-electron chi connectivity index (χ1n) is 8.71. The Labute approximate surface area is 174 Å². The number of amides is 1. The molecule has 0 saturated heterocycles. The SMILES string of the molecule is CCCCNC(=O)CN(Cc1c(F)cccc1Cl)S(=O)(=O)c1ccc(Cl)cc1. The summed E-state index contributed by atoms with van der Waals surface area (Å²) >= 11 is 11.9. The fourth-order valence-electron chi connectivity index (χ4n) is 2.46. The molecule has 2 aromatic rings. The summed E-state index contributed by atoms with van der Waals surface area (Å²) in [5, 5.41) is 3.13. The molecule has 0 spiro atoms. The number of halogens is 3. The summed E-state index contributed by atoms with van der Waals surface area (Å²) < 4.78 is 41.3. The van der Waals surface area contributed by atoms with Gasteiger partial charge in [0.2, 0.25) is 15.9 Å². The molecule has 0 radical (unpaired) electrons. The van der Waals surface area contributed by atoms with Crippen LogP contribution in [0.1, 0.15) is 25.3 Å². The van der Waals surface area contributed by atoms with Crippen molar-refractivity contribution in [3.8, 4) is 0 Å². The lowest BCUT2D eigenvalue weighted by Gasteiger charge is -2.23. The molecule has 0 fully saturated rings. The minimum absolute atomic E-state index is 0.00284. The van der Waals surface area contributed by atoms with Gasteiger partial charge >= 0.3 is 0 Å². The van der Waals surface area contributed by atoms with Crippen LogP contribution in [0.25, 0.3) is 0 Å². The van der Waals surface area contributed by atoms with Gasteiger partial charge in [0.1, 0.15) is 5.82 Å². The highest BCUT2D eigenvalue weighted by Crippen LogP contribution is 2.25. The molecule has 9 heteroatoms. The minimum Gasteiger partial charge on any atom is -0.355 e. The van der Waals surface area contributed by atoms with E-state index in [-0.39, 0.29) is 22.0 Å². The second-order valence-corrected chi connectivity index (χ2v) is 8.91. The molecule has 152 valence electrons. The lowest BCUT2D eigenvalue weighted by Crippen LogP contribution is -2.40. The number of rotatable bonds is 9. The molecule has 2 rings (SSSR count). The minimum atomic E-state index is -4.09. The van der Waals surface area contributed by atoms with Gasteiger partial charge in [-0.05, 0) is 42.8 Å². The zero-order valence-corrected chi connectivity index (χ0v) is 17.6. The summed E-state index contributed by atoms with van der Waals surface area (Å²) in [7, 11) is -4.09. The van der Waals surface area contributed by atoms with E-state index in [4.69, 9.17) is 23.2 Å². The first-order chi connectivity index (χ1) is 13.3. The molecule has 0 unspecified atom stereocenters. The molecule has 28 heavy (non-hydrogen) atoms. The van der Waals surface area contributed by atoms with Crippen molar-refractivity contribution < 1.29 is 17.6 Å². The standard InChI is InChI=1S/C19H21Cl2FN2O3S/c1-2-3-11-23-19(25)13-24(12-16-17(21)5-4-6-18(16)22)28(26,27)15-9-7-14(20)8-10-15/h4-10H,2-3,11-13H2,1H3,(H,23,25). The molecular weight excluding hydrogens is 426 g/mol. The van der Waals surface area contributed by atoms with Crippen LogP contribution in [0.2, 0.25) is 10.0 Å². The average Bonchev–Trinajstić information content (AvgIpc) is 2.64. The van der Waals surface area contributed by atoms with Gasteiger partial charge in [-0.25, -0.2) is 12.8 Å². The first-order valence-corrected chi connectivity index (χ1v) is 10.9. The fraction of sp³-hybridized carbons (Fsp3) is 0.316. The number of carbonyl (C=O) groups excluding carboxylic acids is 1. The average molecular weight is 447 g/mol. The van der Waals surface area contributed by atoms with Crippen molar-refractivity contribution in [1.82, 2.24) is 9.62 Å². The highest BCUT2D eigenvalue weighted by molar-refractivity contribution is 7.89. The van der Waals surface area contributed by atoms with Crippen LogP contribution in [0, 0.1) is 5.82 Å². The third-order valence-corrected chi connectivity index (χ3v) is 6.43. The van der Waals surface area contributed by atoms with Gasteiger partial charge in [-0.2, -0.15) is 4.31 Å². The summed E-state index contributed by atoms with van der Waals surface area (Å²) in [6, 6.07) is 9.62. The van der Waals surface area contributed by atoms with E-state index >= 15 is 0 Å². The van der Waals surface area contributed by atoms with Gasteiger partial charge in [0, 0.05) is 28.7 Å². The molecule has 5 nitrogen and oxygen atoms in total. The Morgan fingerprint density at radius 3 is 2.43 bits per heavy atom. The van der Waals surface area contributed by atoms with Crippen molar-refractivity contribution in [2.24, 2.45) is 0 Å². The number of nitrogens with one attached hydrogen (secondary N) is 1. The number of unbranched alkanes of at least 4 members (excludes halogenated alkanes) is 1. The van der Waals surface area contributed by atoms with Crippen LogP contribution in [0.15, 0.2) is 47.4 Å². The fourth-order valence-corrected chi connectivity index (χ4v) is 4.18. The maximum atomic E-state index is 14.2. The van der Waals surface area contributed by atoms with Crippen molar-refractivity contribution in [1.29, 1.82) is 0 Å². The van der Waals surface area contributed by atoms with Crippen LogP contribution in [-0.2, 0) is 21.4 Å². The monoisotopic (exact) mass is 446 g/mol. The molecule has 0 aliphatic rings. The number of sulfonamides is 1. The van der Waals surface area contributed by atoms with Crippen LogP contribution >= 0.6 is 23.2 Å². The molecular formula is C19H21Cl2FN2O3S. The van der Waals surface area contributed by atoms with Crippen molar-refractivity contribution in [2.45, 2.75) is 31.2 Å². The van der Waals surface area contributed by atoms with Gasteiger partial charge in [0.05, 0.1) is 11.4 Å². The summed E-state index contributed by atoms with van der Waals surface area (Å²) in [6.45, 7) is 1.57. The number of benzene rings is 2. The van der Waals surface area contributed by atoms with Crippen LogP contribution < -0.4 is 5.32 Å². The molecule has 0 aliphatic heterocycles. The summed E-state index contributed by atoms with van der Waals surface area (Å²) in [5.41, 5.74) is 0.00284. The third kappa shape index (κ3) is 5.91. The predicted octanol–water partition coefficient (Wildman–Crippen LogP) is 4.24. The Morgan fingerprint density at radius 2 is 1.82 bits per heavy atom. The second kappa shape index (κ2) is 10.2. The second-order valence-electron chi connectivity index (χ2n) is 6.13. The third-order valence-electron chi connectivity index (χ3n) is 4.02. The van der Waals surface area contributed by atoms with Crippen LogP contribution in [-0.4, -0.2) is 31.7 Å². The lowest BCUT2D eigenvalue weighted by atomic mass is 10.2. The van der Waals surface area contributed by atoms with E-state index in [9.17, 15) is 17.6 Å². The number of nitrogens with zero attached hydrogens (tertiary/aromatic N) is 1. The summed E-state index contributed by atoms with van der Waals surface area (Å²) in [6.07, 6.45) is 1.66. The van der Waals surface area contributed by atoms with E-state index in [0.29, 0.717) is 11.6 Å². The Balaban J connectivity index is 2.35. The lowest BCUT2D eigenvalue weighted by molar-refractivity contribution is -0.121. The quantitative estimate of drug-likeness (QED) is 0.585. The van der Waals surface area contributed by atoms with Crippen molar-refractivity contribution in [2.75, 3.05) is 13.1 Å². The van der Waals surface area contributed by atoms with Crippen molar-refractivity contribution in [3.63, 3.8) is 0 Å². The van der Waals surface area contributed by atoms with Crippen LogP contribution in [0.4, 0.5) is 4.39 Å². The molecule has 0 aromatic heterocycles. The summed E-state index contributed by atoms with van der Waals surface area (Å²) in [5.74, 6) is -1.12. The van der Waals surface area contributed by atoms with Crippen LogP contribution in [0.5, 0.6) is 0 Å². The van der Waals surface area contributed by atoms with Gasteiger partial charge in [-0.1, -0.05) is 42.6 Å². The van der Waals surface area contributed by atoms with E-state index in [0.717, 1.165) is 17.1 Å². The smallest absolute Gasteiger partial charge is 0.243 e. The summed E-state index contributed by atoms with van der Waals surface area (Å²) in [4.78, 5) is 12.2. The maximum Gasteiger partial charge on any atom is 0.243 e. The van der Waals surface area contributed by atoms with Crippen molar-refractivity contribution >= 4 is 39.1 Å². The van der Waals surface area contributed by atoms with Crippen LogP contribution in [0.3, 0.4) is 0 Å². The molecule has 0 bridgehead atoms. The Hall–Kier alpha value is -1.67. The molecule has 0 heterocycles. The Bertz CT molecular complexity index is 901. The zero-order valence-electron chi connectivity index (χ0n) is 15.3. The highest BCUT2D eigenvalue weighted by Gasteiger charge is 2.28. The van der Waals surface area contributed by atoms with E-state index < -0.39 is 28.3 Å². The Kier molecular flexibility index (Phi) is 8.24. The molecule has 0 aliphatic carbocycles. The molecule has 0 atom stereocenters. The van der Waals surface area contributed by atoms with Gasteiger partial charge < -0.3 is 5.32 Å². The van der Waals surface area contributed by atoms with E-state index in [1.54, 1.807) is 0 Å². The topological polar surface area (TPSA) is 66.5 Å². The van der Waals surface area contributed by atoms with E-state index in [2.05, 4.69) is 5.32 Å². The zero-order chi connectivity index (χ0) is 20.7. The molecule has 1 N–H and O–H groups in total. The highest BCUT2D eigenvalue weighted by atomic mass is 35.5. The van der Waals surface area contributed by atoms with Crippen molar-refractivity contribution in [3.05, 3.63) is 63.9 Å². The molecule has 1 amide bonds. The van der Waals surface area contributed by atoms with E-state index in [1.807, 2.05) is 6.92 Å². The number of hydrogen-bond acceptors (Lipinski definition) is 3. The van der Waals surface area contributed by atoms with Gasteiger partial charge in [0.15, 0.2) is 0 Å². The molecule has 0 saturated carbocycles. The van der Waals surface area contributed by atoms with E-state index in [1.165, 1.54) is 42.5 Å². The number of hydrogen-bond donors (Lipinski definition) is 1. The van der Waals surface area contributed by atoms with Gasteiger partial charge in [-0.3, -0.25) is 4.79 Å². The van der Waals surface area contributed by atoms with Gasteiger partial charge in [0.25, 0.3) is 0 Å². The normalized spacial score (nSPS) is 11.6. The Morgan fingerprint density at radius 1 is 1.14 bits per heavy atom. The maximum absolute atomic E-state index is 14.2. The largest absolute Gasteiger partial charge is 0.355 e. The molecule has 2 aromatic carbocycles. The predicted molar refractivity (Wildman–Crippen MR) is 108 cm³/mol. The first kappa shape index (κ1) is 22.6. The number of carbonyl (C=O) groups is 1.